The number of hydrogen-bond acceptors (Lipinski definition) is 7. The maximum atomic E-state index is 11.2. The van der Waals surface area contributed by atoms with E-state index in [1.54, 1.807) is 24.3 Å². The third-order valence-corrected chi connectivity index (χ3v) is 5.21. The van der Waals surface area contributed by atoms with E-state index in [0.29, 0.717) is 54.1 Å². The summed E-state index contributed by atoms with van der Waals surface area (Å²) in [7, 11) is 0. The molecule has 1 aliphatic rings. The minimum absolute atomic E-state index is 0.0271. The molecule has 9 heteroatoms. The van der Waals surface area contributed by atoms with Gasteiger partial charge in [-0.3, -0.25) is 14.9 Å². The van der Waals surface area contributed by atoms with Crippen LogP contribution in [-0.2, 0) is 4.74 Å². The number of benzene rings is 2. The summed E-state index contributed by atoms with van der Waals surface area (Å²) in [5.41, 5.74) is 1.03. The topological polar surface area (TPSA) is 106 Å². The van der Waals surface area contributed by atoms with E-state index in [2.05, 4.69) is 22.0 Å². The molecule has 0 radical (unpaired) electrons. The number of nitro groups is 1. The smallest absolute Gasteiger partial charge is 0.282 e. The fourth-order valence-electron chi connectivity index (χ4n) is 3.17. The normalized spacial score (nSPS) is 15.7. The van der Waals surface area contributed by atoms with Gasteiger partial charge in [-0.05, 0) is 46.6 Å². The molecule has 1 heterocycles. The highest BCUT2D eigenvalue weighted by molar-refractivity contribution is 9.10. The Bertz CT molecular complexity index is 960. The Morgan fingerprint density at radius 3 is 2.90 bits per heavy atom. The van der Waals surface area contributed by atoms with Crippen LogP contribution >= 0.6 is 15.9 Å². The number of nitro benzene ring substituents is 1. The minimum Gasteiger partial charge on any atom is -0.491 e. The highest BCUT2D eigenvalue weighted by Gasteiger charge is 2.27. The van der Waals surface area contributed by atoms with Gasteiger partial charge < -0.3 is 14.4 Å². The van der Waals surface area contributed by atoms with Crippen LogP contribution in [0, 0.1) is 21.4 Å². The van der Waals surface area contributed by atoms with Gasteiger partial charge in [-0.2, -0.15) is 5.26 Å². The summed E-state index contributed by atoms with van der Waals surface area (Å²) >= 11 is 3.40. The van der Waals surface area contributed by atoms with Crippen LogP contribution in [0.4, 0.5) is 11.4 Å². The van der Waals surface area contributed by atoms with Crippen LogP contribution in [0.5, 0.6) is 5.75 Å². The van der Waals surface area contributed by atoms with E-state index >= 15 is 0 Å². The van der Waals surface area contributed by atoms with Crippen molar-refractivity contribution in [2.24, 2.45) is 0 Å². The monoisotopic (exact) mass is 459 g/mol. The van der Waals surface area contributed by atoms with Crippen LogP contribution < -0.4 is 9.64 Å². The van der Waals surface area contributed by atoms with Gasteiger partial charge in [-0.25, -0.2) is 0 Å². The number of carbonyl (C=O) groups excluding carboxylic acids is 1. The average Bonchev–Trinajstić information content (AvgIpc) is 3.19. The molecule has 8 nitrogen and oxygen atoms in total. The minimum atomic E-state index is -0.553. The maximum Gasteiger partial charge on any atom is 0.282 e. The lowest BCUT2D eigenvalue weighted by atomic mass is 10.1. The van der Waals surface area contributed by atoms with Gasteiger partial charge >= 0.3 is 0 Å². The first-order valence-corrected chi connectivity index (χ1v) is 9.73. The van der Waals surface area contributed by atoms with E-state index in [-0.39, 0.29) is 17.4 Å². The number of carbonyl (C=O) groups is 1. The number of hydrogen-bond donors (Lipinski definition) is 0. The Morgan fingerprint density at radius 1 is 1.34 bits per heavy atom. The first-order chi connectivity index (χ1) is 14.0. The second-order valence-electron chi connectivity index (χ2n) is 6.45. The van der Waals surface area contributed by atoms with Crippen LogP contribution in [0.3, 0.4) is 0 Å². The van der Waals surface area contributed by atoms with Crippen molar-refractivity contribution in [2.75, 3.05) is 31.2 Å². The Hall–Kier alpha value is -2.96. The molecule has 1 fully saturated rings. The van der Waals surface area contributed by atoms with E-state index in [4.69, 9.17) is 14.7 Å². The highest BCUT2D eigenvalue weighted by Crippen LogP contribution is 2.35. The molecule has 2 aromatic rings. The Labute approximate surface area is 175 Å². The van der Waals surface area contributed by atoms with E-state index < -0.39 is 4.92 Å². The van der Waals surface area contributed by atoms with Crippen molar-refractivity contribution in [1.29, 1.82) is 5.26 Å². The van der Waals surface area contributed by atoms with Gasteiger partial charge in [0, 0.05) is 23.6 Å². The van der Waals surface area contributed by atoms with Crippen molar-refractivity contribution in [3.8, 4) is 11.8 Å². The predicted molar refractivity (Wildman–Crippen MR) is 109 cm³/mol. The third-order valence-electron chi connectivity index (χ3n) is 4.57. The number of rotatable bonds is 8. The van der Waals surface area contributed by atoms with E-state index in [1.165, 1.54) is 12.1 Å². The predicted octanol–water partition coefficient (Wildman–Crippen LogP) is 3.72. The fraction of sp³-hybridized carbons (Fsp3) is 0.300. The van der Waals surface area contributed by atoms with Crippen LogP contribution in [0.25, 0.3) is 0 Å². The first kappa shape index (κ1) is 20.8. The zero-order valence-electron chi connectivity index (χ0n) is 15.4. The molecule has 0 saturated carbocycles. The molecule has 0 amide bonds. The molecule has 1 aliphatic heterocycles. The molecule has 3 rings (SSSR count). The number of aldehydes is 1. The van der Waals surface area contributed by atoms with Gasteiger partial charge in [-0.15, -0.1) is 0 Å². The molecular weight excluding hydrogens is 442 g/mol. The number of anilines is 1. The molecular formula is C20H18BrN3O5. The molecule has 0 N–H and O–H groups in total. The van der Waals surface area contributed by atoms with Crippen LogP contribution in [0.15, 0.2) is 40.9 Å². The van der Waals surface area contributed by atoms with Gasteiger partial charge in [0.2, 0.25) is 0 Å². The van der Waals surface area contributed by atoms with E-state index in [0.717, 1.165) is 6.42 Å². The summed E-state index contributed by atoms with van der Waals surface area (Å²) < 4.78 is 12.1. The highest BCUT2D eigenvalue weighted by atomic mass is 79.9. The van der Waals surface area contributed by atoms with Gasteiger partial charge in [0.05, 0.1) is 40.5 Å². The van der Waals surface area contributed by atoms with Gasteiger partial charge in [-0.1, -0.05) is 6.07 Å². The molecule has 150 valence electrons. The SMILES string of the molecule is N#Cc1cccc(OCCO[C@H]2CCN(c3cc([N+](=O)[O-])c(C=O)cc3Br)C2)c1. The van der Waals surface area contributed by atoms with Crippen molar-refractivity contribution in [3.63, 3.8) is 0 Å². The Kier molecular flexibility index (Phi) is 6.80. The zero-order valence-corrected chi connectivity index (χ0v) is 17.0. The van der Waals surface area contributed by atoms with E-state index in [9.17, 15) is 14.9 Å². The lowest BCUT2D eigenvalue weighted by molar-refractivity contribution is -0.385. The summed E-state index contributed by atoms with van der Waals surface area (Å²) in [6, 6.07) is 11.9. The Morgan fingerprint density at radius 2 is 2.17 bits per heavy atom. The van der Waals surface area contributed by atoms with Crippen LogP contribution in [0.1, 0.15) is 22.3 Å². The van der Waals surface area contributed by atoms with E-state index in [1.807, 2.05) is 4.90 Å². The number of ether oxygens (including phenoxy) is 2. The lowest BCUT2D eigenvalue weighted by Crippen LogP contribution is -2.24. The summed E-state index contributed by atoms with van der Waals surface area (Å²) in [6.45, 7) is 2.02. The van der Waals surface area contributed by atoms with Crippen LogP contribution in [0.2, 0.25) is 0 Å². The molecule has 0 unspecified atom stereocenters. The number of halogens is 1. The summed E-state index contributed by atoms with van der Waals surface area (Å²) in [5, 5.41) is 20.1. The third kappa shape index (κ3) is 5.10. The number of nitriles is 1. The van der Waals surface area contributed by atoms with Crippen molar-refractivity contribution in [1.82, 2.24) is 0 Å². The molecule has 1 atom stereocenters. The molecule has 0 bridgehead atoms. The molecule has 1 saturated heterocycles. The van der Waals surface area contributed by atoms with Gasteiger partial charge in [0.25, 0.3) is 5.69 Å². The second-order valence-corrected chi connectivity index (χ2v) is 7.31. The first-order valence-electron chi connectivity index (χ1n) is 8.94. The van der Waals surface area contributed by atoms with Gasteiger partial charge in [0.15, 0.2) is 6.29 Å². The summed E-state index contributed by atoms with van der Waals surface area (Å²) in [6.07, 6.45) is 1.23. The maximum absolute atomic E-state index is 11.2. The van der Waals surface area contributed by atoms with Crippen LogP contribution in [-0.4, -0.2) is 43.6 Å². The van der Waals surface area contributed by atoms with Gasteiger partial charge in [0.1, 0.15) is 12.4 Å². The largest absolute Gasteiger partial charge is 0.491 e. The summed E-state index contributed by atoms with van der Waals surface area (Å²) in [4.78, 5) is 23.7. The summed E-state index contributed by atoms with van der Waals surface area (Å²) in [5.74, 6) is 0.618. The number of nitrogens with zero attached hydrogens (tertiary/aromatic N) is 3. The molecule has 29 heavy (non-hydrogen) atoms. The lowest BCUT2D eigenvalue weighted by Gasteiger charge is -2.20. The molecule has 0 aromatic heterocycles. The zero-order chi connectivity index (χ0) is 20.8. The Balaban J connectivity index is 1.54. The standard InChI is InChI=1S/C20H18BrN3O5/c21-18-9-15(13-25)19(24(26)27)10-20(18)23-5-4-17(12-23)29-7-6-28-16-3-1-2-14(8-16)11-22/h1-3,8-10,13,17H,4-7,12H2/t17-/m0/s1. The van der Waals surface area contributed by atoms with Crippen molar-refractivity contribution in [2.45, 2.75) is 12.5 Å². The van der Waals surface area contributed by atoms with Crippen molar-refractivity contribution >= 4 is 33.6 Å². The van der Waals surface area contributed by atoms with Crippen molar-refractivity contribution < 1.29 is 19.2 Å². The van der Waals surface area contributed by atoms with Crippen molar-refractivity contribution in [3.05, 3.63) is 62.1 Å². The molecule has 0 aliphatic carbocycles. The average molecular weight is 460 g/mol. The fourth-order valence-corrected chi connectivity index (χ4v) is 3.79. The molecule has 2 aromatic carbocycles. The second kappa shape index (κ2) is 9.49. The quantitative estimate of drug-likeness (QED) is 0.256. The molecule has 0 spiro atoms.